The first-order valence-corrected chi connectivity index (χ1v) is 7.99. The average molecular weight is 284 g/mol. The molecule has 21 heavy (non-hydrogen) atoms. The van der Waals surface area contributed by atoms with E-state index in [1.807, 2.05) is 23.9 Å². The molecule has 0 bridgehead atoms. The first kappa shape index (κ1) is 14.1. The number of imidazole rings is 1. The highest BCUT2D eigenvalue weighted by molar-refractivity contribution is 5.44. The second kappa shape index (κ2) is 6.29. The summed E-state index contributed by atoms with van der Waals surface area (Å²) >= 11 is 0. The zero-order valence-corrected chi connectivity index (χ0v) is 12.9. The van der Waals surface area contributed by atoms with Gasteiger partial charge in [-0.1, -0.05) is 26.2 Å². The van der Waals surface area contributed by atoms with Gasteiger partial charge in [-0.2, -0.15) is 0 Å². The van der Waals surface area contributed by atoms with Crippen molar-refractivity contribution in [3.8, 4) is 5.82 Å². The van der Waals surface area contributed by atoms with Crippen molar-refractivity contribution in [3.63, 3.8) is 0 Å². The Morgan fingerprint density at radius 1 is 1.29 bits per heavy atom. The van der Waals surface area contributed by atoms with E-state index >= 15 is 0 Å². The highest BCUT2D eigenvalue weighted by atomic mass is 15.1. The van der Waals surface area contributed by atoms with E-state index in [9.17, 15) is 0 Å². The quantitative estimate of drug-likeness (QED) is 0.924. The fourth-order valence-electron chi connectivity index (χ4n) is 3.26. The first-order valence-electron chi connectivity index (χ1n) is 7.99. The molecule has 1 saturated carbocycles. The van der Waals surface area contributed by atoms with E-state index in [1.165, 1.54) is 32.1 Å². The maximum atomic E-state index is 4.55. The summed E-state index contributed by atoms with van der Waals surface area (Å²) in [4.78, 5) is 8.78. The third-order valence-electron chi connectivity index (χ3n) is 4.55. The molecule has 0 aliphatic heterocycles. The van der Waals surface area contributed by atoms with Crippen LogP contribution in [0, 0.1) is 12.8 Å². The number of aromatic nitrogens is 3. The Morgan fingerprint density at radius 3 is 2.86 bits per heavy atom. The maximum Gasteiger partial charge on any atom is 0.138 e. The first-order chi connectivity index (χ1) is 10.3. The Bertz CT molecular complexity index is 573. The Labute approximate surface area is 126 Å². The van der Waals surface area contributed by atoms with Gasteiger partial charge in [-0.05, 0) is 37.8 Å². The summed E-state index contributed by atoms with van der Waals surface area (Å²) in [5, 5.41) is 3.64. The minimum Gasteiger partial charge on any atom is -0.381 e. The summed E-state index contributed by atoms with van der Waals surface area (Å²) in [6, 6.07) is 4.78. The lowest BCUT2D eigenvalue weighted by atomic mass is 9.84. The molecule has 0 saturated heterocycles. The van der Waals surface area contributed by atoms with Crippen molar-refractivity contribution in [2.45, 2.75) is 52.0 Å². The van der Waals surface area contributed by atoms with Crippen LogP contribution < -0.4 is 5.32 Å². The third-order valence-corrected chi connectivity index (χ3v) is 4.55. The second-order valence-electron chi connectivity index (χ2n) is 6.03. The van der Waals surface area contributed by atoms with Crippen LogP contribution in [0.3, 0.4) is 0 Å². The van der Waals surface area contributed by atoms with E-state index < -0.39 is 0 Å². The molecule has 2 unspecified atom stereocenters. The van der Waals surface area contributed by atoms with Crippen LogP contribution >= 0.6 is 0 Å². The van der Waals surface area contributed by atoms with E-state index in [0.29, 0.717) is 6.04 Å². The summed E-state index contributed by atoms with van der Waals surface area (Å²) in [5.41, 5.74) is 1.12. The molecule has 2 aromatic rings. The Hall–Kier alpha value is -1.84. The SMILES string of the molecule is CCC1CCCC(Nc2ccc(-n3ccnc3C)nc2)C1. The van der Waals surface area contributed by atoms with Gasteiger partial charge in [-0.25, -0.2) is 9.97 Å². The van der Waals surface area contributed by atoms with Gasteiger partial charge < -0.3 is 5.32 Å². The summed E-state index contributed by atoms with van der Waals surface area (Å²) in [6.45, 7) is 4.29. The molecule has 112 valence electrons. The molecule has 1 N–H and O–H groups in total. The largest absolute Gasteiger partial charge is 0.381 e. The number of aryl methyl sites for hydroxylation is 1. The number of nitrogens with zero attached hydrogens (tertiary/aromatic N) is 3. The summed E-state index contributed by atoms with van der Waals surface area (Å²) in [6.07, 6.45) is 12.3. The van der Waals surface area contributed by atoms with Crippen molar-refractivity contribution in [2.24, 2.45) is 5.92 Å². The number of anilines is 1. The van der Waals surface area contributed by atoms with Crippen molar-refractivity contribution in [1.82, 2.24) is 14.5 Å². The molecule has 4 nitrogen and oxygen atoms in total. The van der Waals surface area contributed by atoms with Crippen molar-refractivity contribution in [2.75, 3.05) is 5.32 Å². The average Bonchev–Trinajstić information content (AvgIpc) is 2.94. The van der Waals surface area contributed by atoms with Crippen LogP contribution in [0.5, 0.6) is 0 Å². The monoisotopic (exact) mass is 284 g/mol. The zero-order chi connectivity index (χ0) is 14.7. The number of nitrogens with one attached hydrogen (secondary N) is 1. The van der Waals surface area contributed by atoms with Gasteiger partial charge in [0.1, 0.15) is 11.6 Å². The highest BCUT2D eigenvalue weighted by Crippen LogP contribution is 2.28. The van der Waals surface area contributed by atoms with Crippen molar-refractivity contribution >= 4 is 5.69 Å². The molecule has 2 atom stereocenters. The van der Waals surface area contributed by atoms with E-state index in [-0.39, 0.29) is 0 Å². The minimum absolute atomic E-state index is 0.603. The number of hydrogen-bond acceptors (Lipinski definition) is 3. The van der Waals surface area contributed by atoms with Gasteiger partial charge in [-0.15, -0.1) is 0 Å². The van der Waals surface area contributed by atoms with Gasteiger partial charge in [0, 0.05) is 18.4 Å². The van der Waals surface area contributed by atoms with Crippen molar-refractivity contribution in [1.29, 1.82) is 0 Å². The molecular formula is C17H24N4. The third kappa shape index (κ3) is 3.26. The molecule has 1 fully saturated rings. The van der Waals surface area contributed by atoms with Crippen LogP contribution in [0.15, 0.2) is 30.7 Å². The van der Waals surface area contributed by atoms with E-state index in [1.54, 1.807) is 6.20 Å². The highest BCUT2D eigenvalue weighted by Gasteiger charge is 2.20. The van der Waals surface area contributed by atoms with E-state index in [0.717, 1.165) is 23.2 Å². The topological polar surface area (TPSA) is 42.7 Å². The van der Waals surface area contributed by atoms with E-state index in [2.05, 4.69) is 34.3 Å². The Morgan fingerprint density at radius 2 is 2.19 bits per heavy atom. The summed E-state index contributed by atoms with van der Waals surface area (Å²) in [7, 11) is 0. The van der Waals surface area contributed by atoms with Crippen LogP contribution in [-0.4, -0.2) is 20.6 Å². The van der Waals surface area contributed by atoms with Gasteiger partial charge in [0.05, 0.1) is 11.9 Å². The van der Waals surface area contributed by atoms with Crippen LogP contribution in [0.25, 0.3) is 5.82 Å². The number of hydrogen-bond donors (Lipinski definition) is 1. The predicted octanol–water partition coefficient (Wildman–Crippen LogP) is 3.96. The van der Waals surface area contributed by atoms with Crippen molar-refractivity contribution in [3.05, 3.63) is 36.5 Å². The smallest absolute Gasteiger partial charge is 0.138 e. The van der Waals surface area contributed by atoms with Gasteiger partial charge in [0.2, 0.25) is 0 Å². The van der Waals surface area contributed by atoms with Crippen LogP contribution in [0.4, 0.5) is 5.69 Å². The lowest BCUT2D eigenvalue weighted by Gasteiger charge is -2.29. The lowest BCUT2D eigenvalue weighted by molar-refractivity contribution is 0.327. The molecule has 1 aliphatic carbocycles. The second-order valence-corrected chi connectivity index (χ2v) is 6.03. The van der Waals surface area contributed by atoms with Gasteiger partial charge in [0.25, 0.3) is 0 Å². The normalized spacial score (nSPS) is 22.2. The van der Waals surface area contributed by atoms with Crippen LogP contribution in [-0.2, 0) is 0 Å². The summed E-state index contributed by atoms with van der Waals surface area (Å²) < 4.78 is 2.00. The molecular weight excluding hydrogens is 260 g/mol. The van der Waals surface area contributed by atoms with Gasteiger partial charge in [-0.3, -0.25) is 4.57 Å². The predicted molar refractivity (Wildman–Crippen MR) is 85.8 cm³/mol. The fourth-order valence-corrected chi connectivity index (χ4v) is 3.26. The molecule has 0 radical (unpaired) electrons. The minimum atomic E-state index is 0.603. The fraction of sp³-hybridized carbons (Fsp3) is 0.529. The standard InChI is InChI=1S/C17H24N4/c1-3-14-5-4-6-15(11-14)20-16-7-8-17(19-12-16)21-10-9-18-13(21)2/h7-10,12,14-15,20H,3-6,11H2,1-2H3. The molecule has 0 amide bonds. The number of pyridine rings is 1. The Kier molecular flexibility index (Phi) is 4.23. The molecule has 0 aromatic carbocycles. The van der Waals surface area contributed by atoms with Crippen LogP contribution in [0.1, 0.15) is 44.9 Å². The van der Waals surface area contributed by atoms with Crippen LogP contribution in [0.2, 0.25) is 0 Å². The summed E-state index contributed by atoms with van der Waals surface area (Å²) in [5.74, 6) is 2.77. The lowest BCUT2D eigenvalue weighted by Crippen LogP contribution is -2.27. The molecule has 2 heterocycles. The molecule has 2 aromatic heterocycles. The van der Waals surface area contributed by atoms with Gasteiger partial charge >= 0.3 is 0 Å². The number of rotatable bonds is 4. The zero-order valence-electron chi connectivity index (χ0n) is 12.9. The molecule has 1 aliphatic rings. The van der Waals surface area contributed by atoms with E-state index in [4.69, 9.17) is 0 Å². The Balaban J connectivity index is 1.66. The molecule has 4 heteroatoms. The van der Waals surface area contributed by atoms with Gasteiger partial charge in [0.15, 0.2) is 0 Å². The maximum absolute atomic E-state index is 4.55. The molecule has 3 rings (SSSR count). The molecule has 0 spiro atoms. The van der Waals surface area contributed by atoms with Crippen molar-refractivity contribution < 1.29 is 0 Å².